The summed E-state index contributed by atoms with van der Waals surface area (Å²) in [5.74, 6) is -1.12. The summed E-state index contributed by atoms with van der Waals surface area (Å²) in [7, 11) is 0. The van der Waals surface area contributed by atoms with Gasteiger partial charge in [-0.05, 0) is 30.2 Å². The van der Waals surface area contributed by atoms with Crippen LogP contribution in [0.2, 0.25) is 0 Å². The van der Waals surface area contributed by atoms with Crippen molar-refractivity contribution in [2.75, 3.05) is 0 Å². The molecule has 1 aliphatic heterocycles. The third-order valence-corrected chi connectivity index (χ3v) is 3.52. The molecule has 0 saturated carbocycles. The first-order valence-corrected chi connectivity index (χ1v) is 6.35. The first-order chi connectivity index (χ1) is 9.52. The fourth-order valence-corrected chi connectivity index (χ4v) is 2.24. The van der Waals surface area contributed by atoms with Crippen LogP contribution in [0, 0.1) is 0 Å². The van der Waals surface area contributed by atoms with Crippen molar-refractivity contribution in [1.82, 2.24) is 4.90 Å². The maximum absolute atomic E-state index is 11.9. The van der Waals surface area contributed by atoms with Crippen LogP contribution in [0.3, 0.4) is 0 Å². The molecule has 1 unspecified atom stereocenters. The number of hydrogen-bond acceptors (Lipinski definition) is 3. The van der Waals surface area contributed by atoms with Crippen LogP contribution in [0.25, 0.3) is 0 Å². The van der Waals surface area contributed by atoms with Gasteiger partial charge >= 0.3 is 5.97 Å². The Morgan fingerprint density at radius 1 is 1.45 bits per heavy atom. The second-order valence-corrected chi connectivity index (χ2v) is 4.62. The minimum absolute atomic E-state index is 0.158. The maximum atomic E-state index is 11.9. The van der Waals surface area contributed by atoms with Crippen LogP contribution in [-0.2, 0) is 11.3 Å². The Hall–Kier alpha value is -2.43. The van der Waals surface area contributed by atoms with Crippen LogP contribution in [0.5, 0.6) is 0 Å². The second kappa shape index (κ2) is 5.28. The summed E-state index contributed by atoms with van der Waals surface area (Å²) < 4.78 is 0. The van der Waals surface area contributed by atoms with Gasteiger partial charge in [0.05, 0.1) is 11.8 Å². The summed E-state index contributed by atoms with van der Waals surface area (Å²) >= 11 is 0. The van der Waals surface area contributed by atoms with Crippen molar-refractivity contribution in [2.24, 2.45) is 4.99 Å². The number of aromatic carboxylic acids is 1. The largest absolute Gasteiger partial charge is 0.478 e. The van der Waals surface area contributed by atoms with E-state index in [-0.39, 0.29) is 11.5 Å². The Morgan fingerprint density at radius 2 is 2.10 bits per heavy atom. The average Bonchev–Trinajstić information content (AvgIpc) is 2.77. The fraction of sp³-hybridized carbons (Fsp3) is 0.267. The Morgan fingerprint density at radius 3 is 2.60 bits per heavy atom. The quantitative estimate of drug-likeness (QED) is 0.834. The third kappa shape index (κ3) is 2.34. The molecule has 5 nitrogen and oxygen atoms in total. The summed E-state index contributed by atoms with van der Waals surface area (Å²) in [6, 6.07) is 6.47. The van der Waals surface area contributed by atoms with Crippen molar-refractivity contribution in [3.63, 3.8) is 0 Å². The molecular weight excluding hydrogens is 256 g/mol. The second-order valence-electron chi connectivity index (χ2n) is 4.62. The number of nitrogens with zero attached hydrogens (tertiary/aromatic N) is 2. The van der Waals surface area contributed by atoms with E-state index in [0.29, 0.717) is 13.0 Å². The topological polar surface area (TPSA) is 70.0 Å². The third-order valence-electron chi connectivity index (χ3n) is 3.52. The van der Waals surface area contributed by atoms with E-state index in [1.165, 1.54) is 18.3 Å². The zero-order valence-electron chi connectivity index (χ0n) is 11.2. The summed E-state index contributed by atoms with van der Waals surface area (Å²) in [5, 5.41) is 8.86. The number of carbonyl (C=O) groups is 2. The number of rotatable bonds is 5. The van der Waals surface area contributed by atoms with Crippen molar-refractivity contribution in [3.8, 4) is 0 Å². The average molecular weight is 272 g/mol. The molecule has 1 atom stereocenters. The lowest BCUT2D eigenvalue weighted by Gasteiger charge is -2.33. The van der Waals surface area contributed by atoms with Crippen LogP contribution in [0.15, 0.2) is 41.9 Å². The summed E-state index contributed by atoms with van der Waals surface area (Å²) in [6.45, 7) is 6.08. The Labute approximate surface area is 117 Å². The van der Waals surface area contributed by atoms with Crippen LogP contribution >= 0.6 is 0 Å². The molecule has 2 rings (SSSR count). The molecule has 1 aliphatic rings. The van der Waals surface area contributed by atoms with Gasteiger partial charge in [-0.3, -0.25) is 9.79 Å². The Bertz CT molecular complexity index is 577. The van der Waals surface area contributed by atoms with Gasteiger partial charge in [-0.15, -0.1) is 0 Å². The number of carboxylic acids is 1. The first-order valence-electron chi connectivity index (χ1n) is 6.35. The van der Waals surface area contributed by atoms with Gasteiger partial charge in [-0.2, -0.15) is 0 Å². The standard InChI is InChI=1S/C15H16N2O3/c1-3-15(4-2)16-9-13(18)17(15)10-11-5-7-12(8-6-11)14(19)20/h3,5-9H,1,4,10H2,2H3,(H,19,20). The molecule has 0 fully saturated rings. The molecule has 0 radical (unpaired) electrons. The first kappa shape index (κ1) is 14.0. The van der Waals surface area contributed by atoms with E-state index in [4.69, 9.17) is 5.11 Å². The smallest absolute Gasteiger partial charge is 0.335 e. The lowest BCUT2D eigenvalue weighted by molar-refractivity contribution is -0.126. The molecule has 1 heterocycles. The molecule has 1 aromatic carbocycles. The van der Waals surface area contributed by atoms with E-state index in [2.05, 4.69) is 11.6 Å². The molecule has 0 spiro atoms. The van der Waals surface area contributed by atoms with Gasteiger partial charge in [0.2, 0.25) is 0 Å². The number of carboxylic acid groups (broad SMARTS) is 1. The van der Waals surface area contributed by atoms with E-state index < -0.39 is 11.6 Å². The van der Waals surface area contributed by atoms with Gasteiger partial charge in [-0.1, -0.05) is 25.6 Å². The predicted octanol–water partition coefficient (Wildman–Crippen LogP) is 2.09. The molecule has 0 aliphatic carbocycles. The minimum atomic E-state index is -0.967. The minimum Gasteiger partial charge on any atom is -0.478 e. The maximum Gasteiger partial charge on any atom is 0.335 e. The molecule has 1 N–H and O–H groups in total. The van der Waals surface area contributed by atoms with Crippen molar-refractivity contribution in [1.29, 1.82) is 0 Å². The fourth-order valence-electron chi connectivity index (χ4n) is 2.24. The van der Waals surface area contributed by atoms with Crippen molar-refractivity contribution >= 4 is 18.1 Å². The number of benzene rings is 1. The SMILES string of the molecule is C=CC1(CC)N=CC(=O)N1Cc1ccc(C(=O)O)cc1. The van der Waals surface area contributed by atoms with Crippen LogP contribution < -0.4 is 0 Å². The number of amides is 1. The highest BCUT2D eigenvalue weighted by Gasteiger charge is 2.38. The summed E-state index contributed by atoms with van der Waals surface area (Å²) in [5.41, 5.74) is 0.388. The molecule has 20 heavy (non-hydrogen) atoms. The zero-order valence-corrected chi connectivity index (χ0v) is 11.2. The monoisotopic (exact) mass is 272 g/mol. The van der Waals surface area contributed by atoms with Crippen molar-refractivity contribution < 1.29 is 14.7 Å². The van der Waals surface area contributed by atoms with Gasteiger partial charge in [0.25, 0.3) is 5.91 Å². The normalized spacial score (nSPS) is 21.2. The summed E-state index contributed by atoms with van der Waals surface area (Å²) in [6.07, 6.45) is 3.63. The highest BCUT2D eigenvalue weighted by atomic mass is 16.4. The number of aliphatic imine (C=N–C) groups is 1. The number of carbonyl (C=O) groups excluding carboxylic acids is 1. The van der Waals surface area contributed by atoms with Gasteiger partial charge in [0.15, 0.2) is 5.66 Å². The molecule has 104 valence electrons. The molecule has 1 aromatic rings. The Balaban J connectivity index is 2.22. The molecule has 1 amide bonds. The molecule has 5 heteroatoms. The molecule has 0 saturated heterocycles. The number of hydrogen-bond donors (Lipinski definition) is 1. The van der Waals surface area contributed by atoms with E-state index in [1.807, 2.05) is 6.92 Å². The van der Waals surface area contributed by atoms with Crippen molar-refractivity contribution in [2.45, 2.75) is 25.6 Å². The summed E-state index contributed by atoms with van der Waals surface area (Å²) in [4.78, 5) is 28.6. The van der Waals surface area contributed by atoms with Gasteiger partial charge < -0.3 is 10.0 Å². The molecular formula is C15H16N2O3. The highest BCUT2D eigenvalue weighted by Crippen LogP contribution is 2.28. The van der Waals surface area contributed by atoms with Gasteiger partial charge in [0.1, 0.15) is 0 Å². The lowest BCUT2D eigenvalue weighted by atomic mass is 10.0. The highest BCUT2D eigenvalue weighted by molar-refractivity contribution is 6.28. The van der Waals surface area contributed by atoms with E-state index in [1.54, 1.807) is 23.1 Å². The zero-order chi connectivity index (χ0) is 14.8. The van der Waals surface area contributed by atoms with Crippen molar-refractivity contribution in [3.05, 3.63) is 48.0 Å². The van der Waals surface area contributed by atoms with Gasteiger partial charge in [-0.25, -0.2) is 4.79 Å². The van der Waals surface area contributed by atoms with Crippen LogP contribution in [-0.4, -0.2) is 33.8 Å². The van der Waals surface area contributed by atoms with E-state index in [0.717, 1.165) is 5.56 Å². The van der Waals surface area contributed by atoms with E-state index >= 15 is 0 Å². The lowest BCUT2D eigenvalue weighted by Crippen LogP contribution is -2.43. The van der Waals surface area contributed by atoms with E-state index in [9.17, 15) is 9.59 Å². The molecule has 0 bridgehead atoms. The Kier molecular flexibility index (Phi) is 3.70. The van der Waals surface area contributed by atoms with Crippen LogP contribution in [0.1, 0.15) is 29.3 Å². The van der Waals surface area contributed by atoms with Crippen LogP contribution in [0.4, 0.5) is 0 Å². The molecule has 0 aromatic heterocycles. The predicted molar refractivity (Wildman–Crippen MR) is 75.7 cm³/mol. The van der Waals surface area contributed by atoms with Gasteiger partial charge in [0, 0.05) is 6.54 Å².